The van der Waals surface area contributed by atoms with Crippen molar-refractivity contribution in [3.8, 4) is 0 Å². The second-order valence-corrected chi connectivity index (χ2v) is 3.67. The molecule has 0 N–H and O–H groups in total. The van der Waals surface area contributed by atoms with E-state index in [1.807, 2.05) is 37.3 Å². The smallest absolute Gasteiger partial charge is 0.316 e. The van der Waals surface area contributed by atoms with Gasteiger partial charge in [0.25, 0.3) is 0 Å². The van der Waals surface area contributed by atoms with Crippen LogP contribution in [0.15, 0.2) is 30.3 Å². The molecule has 1 saturated carbocycles. The molecule has 0 bridgehead atoms. The van der Waals surface area contributed by atoms with Gasteiger partial charge in [-0.15, -0.1) is 0 Å². The van der Waals surface area contributed by atoms with Crippen molar-refractivity contribution in [3.05, 3.63) is 35.9 Å². The summed E-state index contributed by atoms with van der Waals surface area (Å²) in [6.07, 6.45) is 1.85. The molecule has 0 amide bonds. The predicted molar refractivity (Wildman–Crippen MR) is 54.0 cm³/mol. The van der Waals surface area contributed by atoms with Crippen molar-refractivity contribution in [1.82, 2.24) is 0 Å². The Labute approximate surface area is 83.9 Å². The molecule has 2 nitrogen and oxygen atoms in total. The van der Waals surface area contributed by atoms with Crippen molar-refractivity contribution < 1.29 is 9.53 Å². The normalized spacial score (nSPS) is 17.5. The Morgan fingerprint density at radius 2 is 2.00 bits per heavy atom. The Bertz CT molecular complexity index is 325. The molecule has 0 heterocycles. The van der Waals surface area contributed by atoms with Crippen molar-refractivity contribution in [2.45, 2.75) is 25.2 Å². The molecule has 1 aliphatic rings. The summed E-state index contributed by atoms with van der Waals surface area (Å²) in [6, 6.07) is 9.90. The monoisotopic (exact) mass is 190 g/mol. The number of hydrogen-bond acceptors (Lipinski definition) is 2. The molecule has 1 aliphatic carbocycles. The number of hydrogen-bond donors (Lipinski definition) is 0. The second-order valence-electron chi connectivity index (χ2n) is 3.67. The zero-order chi connectivity index (χ0) is 10.0. The van der Waals surface area contributed by atoms with Crippen LogP contribution in [0.2, 0.25) is 0 Å². The zero-order valence-electron chi connectivity index (χ0n) is 8.32. The van der Waals surface area contributed by atoms with Crippen LogP contribution >= 0.6 is 0 Å². The Kier molecular flexibility index (Phi) is 2.28. The van der Waals surface area contributed by atoms with Crippen molar-refractivity contribution in [3.63, 3.8) is 0 Å². The Morgan fingerprint density at radius 3 is 2.50 bits per heavy atom. The molecule has 1 aromatic rings. The molecule has 0 unspecified atom stereocenters. The van der Waals surface area contributed by atoms with Crippen LogP contribution in [0.5, 0.6) is 0 Å². The molecular weight excluding hydrogens is 176 g/mol. The van der Waals surface area contributed by atoms with Crippen LogP contribution in [0.4, 0.5) is 0 Å². The van der Waals surface area contributed by atoms with E-state index in [1.165, 1.54) is 0 Å². The summed E-state index contributed by atoms with van der Waals surface area (Å²) in [5.41, 5.74) is 0.788. The third-order valence-electron chi connectivity index (χ3n) is 2.74. The predicted octanol–water partition coefficient (Wildman–Crippen LogP) is 2.28. The molecule has 2 heteroatoms. The first kappa shape index (κ1) is 9.25. The molecule has 0 atom stereocenters. The minimum absolute atomic E-state index is 0.0637. The van der Waals surface area contributed by atoms with Gasteiger partial charge in [-0.2, -0.15) is 0 Å². The number of esters is 1. The van der Waals surface area contributed by atoms with Gasteiger partial charge in [-0.25, -0.2) is 0 Å². The van der Waals surface area contributed by atoms with Crippen molar-refractivity contribution in [1.29, 1.82) is 0 Å². The quantitative estimate of drug-likeness (QED) is 0.683. The Balaban J connectivity index is 2.21. The largest absolute Gasteiger partial charge is 0.465 e. The SMILES string of the molecule is CCOC(=O)C1(c2ccccc2)CC1. The third-order valence-corrected chi connectivity index (χ3v) is 2.74. The van der Waals surface area contributed by atoms with Crippen LogP contribution in [0, 0.1) is 0 Å². The van der Waals surface area contributed by atoms with Crippen LogP contribution in [0.25, 0.3) is 0 Å². The van der Waals surface area contributed by atoms with Gasteiger partial charge >= 0.3 is 5.97 Å². The van der Waals surface area contributed by atoms with E-state index in [-0.39, 0.29) is 11.4 Å². The van der Waals surface area contributed by atoms with Crippen LogP contribution in [0.1, 0.15) is 25.3 Å². The van der Waals surface area contributed by atoms with Crippen molar-refractivity contribution >= 4 is 5.97 Å². The van der Waals surface area contributed by atoms with Gasteiger partial charge in [0.2, 0.25) is 0 Å². The van der Waals surface area contributed by atoms with Gasteiger partial charge in [-0.1, -0.05) is 30.3 Å². The number of carbonyl (C=O) groups is 1. The lowest BCUT2D eigenvalue weighted by Crippen LogP contribution is -2.22. The summed E-state index contributed by atoms with van der Waals surface area (Å²) in [4.78, 5) is 11.7. The number of benzene rings is 1. The molecule has 0 radical (unpaired) electrons. The van der Waals surface area contributed by atoms with E-state index in [2.05, 4.69) is 0 Å². The molecular formula is C12H14O2. The van der Waals surface area contributed by atoms with E-state index in [1.54, 1.807) is 0 Å². The lowest BCUT2D eigenvalue weighted by molar-refractivity contribution is -0.146. The Morgan fingerprint density at radius 1 is 1.36 bits per heavy atom. The molecule has 0 aromatic heterocycles. The fourth-order valence-electron chi connectivity index (χ4n) is 1.76. The molecule has 1 aromatic carbocycles. The number of carbonyl (C=O) groups excluding carboxylic acids is 1. The topological polar surface area (TPSA) is 26.3 Å². The first-order valence-electron chi connectivity index (χ1n) is 5.02. The van der Waals surface area contributed by atoms with Gasteiger partial charge in [-0.3, -0.25) is 4.79 Å². The van der Waals surface area contributed by atoms with E-state index in [0.29, 0.717) is 6.61 Å². The highest BCUT2D eigenvalue weighted by Gasteiger charge is 2.52. The zero-order valence-corrected chi connectivity index (χ0v) is 8.32. The summed E-state index contributed by atoms with van der Waals surface area (Å²) in [6.45, 7) is 2.31. The number of ether oxygens (including phenoxy) is 1. The van der Waals surface area contributed by atoms with Gasteiger partial charge in [0, 0.05) is 0 Å². The maximum atomic E-state index is 11.7. The van der Waals surface area contributed by atoms with Crippen molar-refractivity contribution in [2.75, 3.05) is 6.61 Å². The van der Waals surface area contributed by atoms with Crippen LogP contribution in [-0.4, -0.2) is 12.6 Å². The van der Waals surface area contributed by atoms with E-state index < -0.39 is 0 Å². The summed E-state index contributed by atoms with van der Waals surface area (Å²) in [5, 5.41) is 0. The van der Waals surface area contributed by atoms with E-state index in [0.717, 1.165) is 18.4 Å². The highest BCUT2D eigenvalue weighted by atomic mass is 16.5. The maximum absolute atomic E-state index is 11.7. The fourth-order valence-corrected chi connectivity index (χ4v) is 1.76. The summed E-state index contributed by atoms with van der Waals surface area (Å²) in [5.74, 6) is -0.0637. The van der Waals surface area contributed by atoms with E-state index >= 15 is 0 Å². The molecule has 0 aliphatic heterocycles. The number of rotatable bonds is 3. The molecule has 0 saturated heterocycles. The summed E-state index contributed by atoms with van der Waals surface area (Å²) >= 11 is 0. The maximum Gasteiger partial charge on any atom is 0.316 e. The van der Waals surface area contributed by atoms with Crippen LogP contribution in [0.3, 0.4) is 0 Å². The minimum atomic E-state index is -0.308. The van der Waals surface area contributed by atoms with E-state index in [9.17, 15) is 4.79 Å². The second kappa shape index (κ2) is 3.45. The summed E-state index contributed by atoms with van der Waals surface area (Å²) < 4.78 is 5.08. The average molecular weight is 190 g/mol. The lowest BCUT2D eigenvalue weighted by Gasteiger charge is -2.13. The molecule has 1 fully saturated rings. The van der Waals surface area contributed by atoms with Crippen LogP contribution in [-0.2, 0) is 14.9 Å². The Hall–Kier alpha value is -1.31. The first-order chi connectivity index (χ1) is 6.79. The third kappa shape index (κ3) is 1.41. The highest BCUT2D eigenvalue weighted by molar-refractivity contribution is 5.86. The van der Waals surface area contributed by atoms with Crippen molar-refractivity contribution in [2.24, 2.45) is 0 Å². The van der Waals surface area contributed by atoms with Gasteiger partial charge < -0.3 is 4.74 Å². The van der Waals surface area contributed by atoms with Gasteiger partial charge in [0.1, 0.15) is 0 Å². The highest BCUT2D eigenvalue weighted by Crippen LogP contribution is 2.49. The first-order valence-corrected chi connectivity index (χ1v) is 5.02. The fraction of sp³-hybridized carbons (Fsp3) is 0.417. The van der Waals surface area contributed by atoms with E-state index in [4.69, 9.17) is 4.74 Å². The molecule has 14 heavy (non-hydrogen) atoms. The standard InChI is InChI=1S/C12H14O2/c1-2-14-11(13)12(8-9-12)10-6-4-3-5-7-10/h3-7H,2,8-9H2,1H3. The van der Waals surface area contributed by atoms with Crippen LogP contribution < -0.4 is 0 Å². The van der Waals surface area contributed by atoms with Gasteiger partial charge in [0.05, 0.1) is 12.0 Å². The van der Waals surface area contributed by atoms with Gasteiger partial charge in [0.15, 0.2) is 0 Å². The lowest BCUT2D eigenvalue weighted by atomic mass is 9.96. The minimum Gasteiger partial charge on any atom is -0.465 e. The summed E-state index contributed by atoms with van der Waals surface area (Å²) in [7, 11) is 0. The molecule has 2 rings (SSSR count). The average Bonchev–Trinajstić information content (AvgIpc) is 3.00. The van der Waals surface area contributed by atoms with Gasteiger partial charge in [-0.05, 0) is 25.3 Å². The molecule has 0 spiro atoms. The molecule has 74 valence electrons.